The average molecular weight is 257 g/mol. The largest absolute Gasteiger partial charge is 0.399 e. The molecule has 0 aliphatic heterocycles. The van der Waals surface area contributed by atoms with Crippen LogP contribution in [0.4, 0.5) is 11.4 Å². The molecule has 1 heterocycles. The zero-order valence-corrected chi connectivity index (χ0v) is 10.9. The van der Waals surface area contributed by atoms with E-state index in [1.165, 1.54) is 0 Å². The molecule has 1 fully saturated rings. The van der Waals surface area contributed by atoms with Gasteiger partial charge in [0.2, 0.25) is 0 Å². The smallest absolute Gasteiger partial charge is 0.0819 e. The summed E-state index contributed by atoms with van der Waals surface area (Å²) < 4.78 is 0. The third-order valence-corrected chi connectivity index (χ3v) is 3.91. The number of hydrogen-bond acceptors (Lipinski definition) is 4. The van der Waals surface area contributed by atoms with Gasteiger partial charge in [-0.15, -0.1) is 0 Å². The lowest BCUT2D eigenvalue weighted by Gasteiger charge is -2.23. The molecule has 1 saturated carbocycles. The minimum atomic E-state index is -0.552. The predicted octanol–water partition coefficient (Wildman–Crippen LogP) is 2.53. The van der Waals surface area contributed by atoms with Crippen LogP contribution in [0.3, 0.4) is 0 Å². The summed E-state index contributed by atoms with van der Waals surface area (Å²) in [7, 11) is 0. The van der Waals surface area contributed by atoms with Crippen LogP contribution in [0.2, 0.25) is 0 Å². The number of nitrogens with two attached hydrogens (primary N) is 1. The summed E-state index contributed by atoms with van der Waals surface area (Å²) in [4.78, 5) is 4.32. The quantitative estimate of drug-likeness (QED) is 0.739. The van der Waals surface area contributed by atoms with E-state index in [0.717, 1.165) is 42.3 Å². The van der Waals surface area contributed by atoms with Crippen molar-refractivity contribution in [1.29, 1.82) is 0 Å². The molecule has 1 aliphatic carbocycles. The second kappa shape index (κ2) is 4.70. The number of nitrogens with zero attached hydrogens (tertiary/aromatic N) is 1. The maximum Gasteiger partial charge on any atom is 0.0819 e. The number of aromatic nitrogens is 1. The lowest BCUT2D eigenvalue weighted by molar-refractivity contribution is 0.0615. The topological polar surface area (TPSA) is 71.2 Å². The number of hydrogen-bond donors (Lipinski definition) is 3. The first-order valence-electron chi connectivity index (χ1n) is 6.77. The van der Waals surface area contributed by atoms with Crippen molar-refractivity contribution in [1.82, 2.24) is 4.98 Å². The van der Waals surface area contributed by atoms with Crippen molar-refractivity contribution in [2.75, 3.05) is 17.6 Å². The van der Waals surface area contributed by atoms with E-state index in [0.29, 0.717) is 12.2 Å². The zero-order valence-electron chi connectivity index (χ0n) is 10.9. The van der Waals surface area contributed by atoms with Crippen LogP contribution in [0, 0.1) is 0 Å². The molecule has 0 radical (unpaired) electrons. The molecule has 3 rings (SSSR count). The lowest BCUT2D eigenvalue weighted by Crippen LogP contribution is -2.33. The number of aliphatic hydroxyl groups is 1. The molecule has 4 nitrogen and oxygen atoms in total. The van der Waals surface area contributed by atoms with Gasteiger partial charge in [0.05, 0.1) is 11.1 Å². The first-order valence-corrected chi connectivity index (χ1v) is 6.77. The number of anilines is 2. The van der Waals surface area contributed by atoms with Gasteiger partial charge in [-0.05, 0) is 37.1 Å². The van der Waals surface area contributed by atoms with Crippen LogP contribution in [0.1, 0.15) is 25.7 Å². The normalized spacial score (nSPS) is 17.7. The van der Waals surface area contributed by atoms with Crippen LogP contribution < -0.4 is 11.1 Å². The predicted molar refractivity (Wildman–Crippen MR) is 78.1 cm³/mol. The van der Waals surface area contributed by atoms with Crippen LogP contribution in [0.25, 0.3) is 10.9 Å². The van der Waals surface area contributed by atoms with Gasteiger partial charge in [-0.3, -0.25) is 4.98 Å². The highest BCUT2D eigenvalue weighted by Gasteiger charge is 2.30. The summed E-state index contributed by atoms with van der Waals surface area (Å²) >= 11 is 0. The van der Waals surface area contributed by atoms with Gasteiger partial charge in [-0.1, -0.05) is 12.8 Å². The fourth-order valence-electron chi connectivity index (χ4n) is 2.79. The molecule has 0 spiro atoms. The first kappa shape index (κ1) is 12.2. The molecule has 100 valence electrons. The molecular weight excluding hydrogens is 238 g/mol. The number of benzene rings is 1. The Morgan fingerprint density at radius 3 is 2.84 bits per heavy atom. The van der Waals surface area contributed by atoms with Crippen molar-refractivity contribution >= 4 is 22.3 Å². The third-order valence-electron chi connectivity index (χ3n) is 3.91. The SMILES string of the molecule is Nc1ccc2c(NCC3(O)CCCC3)ccnc2c1. The Hall–Kier alpha value is -1.81. The number of fused-ring (bicyclic) bond motifs is 1. The van der Waals surface area contributed by atoms with Gasteiger partial charge in [0, 0.05) is 29.5 Å². The van der Waals surface area contributed by atoms with Crippen LogP contribution in [-0.2, 0) is 0 Å². The Morgan fingerprint density at radius 1 is 1.26 bits per heavy atom. The van der Waals surface area contributed by atoms with Crippen molar-refractivity contribution < 1.29 is 5.11 Å². The van der Waals surface area contributed by atoms with Gasteiger partial charge >= 0.3 is 0 Å². The highest BCUT2D eigenvalue weighted by molar-refractivity contribution is 5.92. The summed E-state index contributed by atoms with van der Waals surface area (Å²) in [5.74, 6) is 0. The molecule has 1 aromatic heterocycles. The number of pyridine rings is 1. The van der Waals surface area contributed by atoms with Crippen LogP contribution in [0.15, 0.2) is 30.5 Å². The van der Waals surface area contributed by atoms with Crippen molar-refractivity contribution in [3.05, 3.63) is 30.5 Å². The number of rotatable bonds is 3. The molecule has 0 saturated heterocycles. The molecular formula is C15H19N3O. The summed E-state index contributed by atoms with van der Waals surface area (Å²) in [5, 5.41) is 14.8. The Bertz CT molecular complexity index is 591. The van der Waals surface area contributed by atoms with E-state index in [4.69, 9.17) is 5.73 Å². The summed E-state index contributed by atoms with van der Waals surface area (Å²) in [6, 6.07) is 7.65. The second-order valence-corrected chi connectivity index (χ2v) is 5.42. The Labute approximate surface area is 112 Å². The minimum Gasteiger partial charge on any atom is -0.399 e. The Balaban J connectivity index is 1.84. The van der Waals surface area contributed by atoms with Crippen molar-refractivity contribution in [2.24, 2.45) is 0 Å². The molecule has 4 heteroatoms. The zero-order chi connectivity index (χ0) is 13.3. The number of nitrogens with one attached hydrogen (secondary N) is 1. The summed E-state index contributed by atoms with van der Waals surface area (Å²) in [6.45, 7) is 0.594. The molecule has 19 heavy (non-hydrogen) atoms. The monoisotopic (exact) mass is 257 g/mol. The van der Waals surface area contributed by atoms with E-state index >= 15 is 0 Å². The van der Waals surface area contributed by atoms with Gasteiger partial charge in [0.15, 0.2) is 0 Å². The van der Waals surface area contributed by atoms with E-state index in [9.17, 15) is 5.11 Å². The fraction of sp³-hybridized carbons (Fsp3) is 0.400. The van der Waals surface area contributed by atoms with Crippen LogP contribution in [-0.4, -0.2) is 22.2 Å². The number of nitrogen functional groups attached to an aromatic ring is 1. The third kappa shape index (κ3) is 2.49. The van der Waals surface area contributed by atoms with Crippen molar-refractivity contribution in [3.63, 3.8) is 0 Å². The average Bonchev–Trinajstić information content (AvgIpc) is 2.83. The van der Waals surface area contributed by atoms with Gasteiger partial charge in [-0.2, -0.15) is 0 Å². The lowest BCUT2D eigenvalue weighted by atomic mass is 10.0. The molecule has 0 atom stereocenters. The molecule has 2 aromatic rings. The Morgan fingerprint density at radius 2 is 2.05 bits per heavy atom. The van der Waals surface area contributed by atoms with E-state index < -0.39 is 5.60 Å². The van der Waals surface area contributed by atoms with Crippen LogP contribution >= 0.6 is 0 Å². The molecule has 1 aliphatic rings. The van der Waals surface area contributed by atoms with Gasteiger partial charge in [0.1, 0.15) is 0 Å². The van der Waals surface area contributed by atoms with E-state index in [1.54, 1.807) is 6.20 Å². The minimum absolute atomic E-state index is 0.552. The standard InChI is InChI=1S/C15H19N3O/c16-11-3-4-12-13(5-8-17-14(12)9-11)18-10-15(19)6-1-2-7-15/h3-5,8-9,19H,1-2,6-7,10,16H2,(H,17,18). The summed E-state index contributed by atoms with van der Waals surface area (Å²) in [6.07, 6.45) is 5.77. The maximum atomic E-state index is 10.4. The first-order chi connectivity index (χ1) is 9.16. The van der Waals surface area contributed by atoms with Gasteiger partial charge in [-0.25, -0.2) is 0 Å². The van der Waals surface area contributed by atoms with Gasteiger partial charge < -0.3 is 16.2 Å². The van der Waals surface area contributed by atoms with Crippen molar-refractivity contribution in [2.45, 2.75) is 31.3 Å². The Kier molecular flexibility index (Phi) is 3.03. The molecule has 0 bridgehead atoms. The second-order valence-electron chi connectivity index (χ2n) is 5.42. The molecule has 1 aromatic carbocycles. The molecule has 0 unspecified atom stereocenters. The molecule has 4 N–H and O–H groups in total. The van der Waals surface area contributed by atoms with E-state index in [-0.39, 0.29) is 0 Å². The van der Waals surface area contributed by atoms with Crippen LogP contribution in [0.5, 0.6) is 0 Å². The highest BCUT2D eigenvalue weighted by Crippen LogP contribution is 2.30. The maximum absolute atomic E-state index is 10.4. The highest BCUT2D eigenvalue weighted by atomic mass is 16.3. The van der Waals surface area contributed by atoms with Crippen molar-refractivity contribution in [3.8, 4) is 0 Å². The van der Waals surface area contributed by atoms with Gasteiger partial charge in [0.25, 0.3) is 0 Å². The summed E-state index contributed by atoms with van der Waals surface area (Å²) in [5.41, 5.74) is 7.81. The molecule has 0 amide bonds. The fourth-order valence-corrected chi connectivity index (χ4v) is 2.79. The van der Waals surface area contributed by atoms with E-state index in [2.05, 4.69) is 10.3 Å². The van der Waals surface area contributed by atoms with E-state index in [1.807, 2.05) is 24.3 Å².